The number of hydrogen-bond acceptors (Lipinski definition) is 4. The molecular formula is C24H31NO4. The molecule has 0 radical (unpaired) electrons. The van der Waals surface area contributed by atoms with E-state index < -0.39 is 11.5 Å². The van der Waals surface area contributed by atoms with Gasteiger partial charge in [-0.05, 0) is 47.6 Å². The van der Waals surface area contributed by atoms with Crippen LogP contribution in [0, 0.1) is 0 Å². The van der Waals surface area contributed by atoms with Gasteiger partial charge in [0.05, 0.1) is 6.61 Å². The molecule has 0 aliphatic heterocycles. The molecule has 0 saturated carbocycles. The molecule has 0 aliphatic rings. The van der Waals surface area contributed by atoms with E-state index in [9.17, 15) is 14.7 Å². The van der Waals surface area contributed by atoms with Gasteiger partial charge in [-0.1, -0.05) is 57.5 Å². The van der Waals surface area contributed by atoms with E-state index in [1.807, 2.05) is 51.1 Å². The molecule has 2 aromatic carbocycles. The quantitative estimate of drug-likeness (QED) is 0.580. The Labute approximate surface area is 173 Å². The molecule has 2 N–H and O–H groups in total. The largest absolute Gasteiger partial charge is 0.380 e. The standard InChI is InChI=1S/C24H31NO4/c1-5-13-24(28,17-23(2,3)20-9-7-6-8-10-20)22(27)25-21-12-11-18(15-26)19(14-21)16-29-4/h6-12,14-15,28H,5,13,16-17H2,1-4H3,(H,25,27). The van der Waals surface area contributed by atoms with Gasteiger partial charge in [0.1, 0.15) is 11.9 Å². The molecule has 0 aromatic heterocycles. The first-order chi connectivity index (χ1) is 13.8. The predicted molar refractivity (Wildman–Crippen MR) is 115 cm³/mol. The number of hydrogen-bond donors (Lipinski definition) is 2. The van der Waals surface area contributed by atoms with E-state index in [2.05, 4.69) is 5.32 Å². The number of nitrogens with one attached hydrogen (secondary N) is 1. The number of aldehydes is 1. The topological polar surface area (TPSA) is 75.6 Å². The van der Waals surface area contributed by atoms with Gasteiger partial charge in [0.15, 0.2) is 0 Å². The molecule has 0 saturated heterocycles. The van der Waals surface area contributed by atoms with Crippen LogP contribution in [0.25, 0.3) is 0 Å². The van der Waals surface area contributed by atoms with Crippen LogP contribution in [-0.4, -0.2) is 30.0 Å². The first-order valence-electron chi connectivity index (χ1n) is 9.92. The molecule has 0 heterocycles. The Bertz CT molecular complexity index is 832. The second kappa shape index (κ2) is 9.81. The monoisotopic (exact) mass is 397 g/mol. The molecule has 2 aromatic rings. The minimum atomic E-state index is -1.52. The maximum absolute atomic E-state index is 13.1. The number of aliphatic hydroxyl groups is 1. The van der Waals surface area contributed by atoms with Crippen LogP contribution in [0.1, 0.15) is 61.5 Å². The lowest BCUT2D eigenvalue weighted by Gasteiger charge is -2.35. The first kappa shape index (κ1) is 22.8. The zero-order chi connectivity index (χ0) is 21.5. The maximum Gasteiger partial charge on any atom is 0.256 e. The van der Waals surface area contributed by atoms with E-state index >= 15 is 0 Å². The van der Waals surface area contributed by atoms with Gasteiger partial charge in [0.25, 0.3) is 5.91 Å². The van der Waals surface area contributed by atoms with Crippen molar-refractivity contribution in [2.75, 3.05) is 12.4 Å². The van der Waals surface area contributed by atoms with Gasteiger partial charge in [-0.25, -0.2) is 0 Å². The summed E-state index contributed by atoms with van der Waals surface area (Å²) in [5, 5.41) is 14.1. The highest BCUT2D eigenvalue weighted by Crippen LogP contribution is 2.35. The van der Waals surface area contributed by atoms with Crippen molar-refractivity contribution in [1.29, 1.82) is 0 Å². The Kier molecular flexibility index (Phi) is 7.71. The molecule has 0 spiro atoms. The first-order valence-corrected chi connectivity index (χ1v) is 9.92. The number of rotatable bonds is 10. The number of amides is 1. The van der Waals surface area contributed by atoms with Crippen molar-refractivity contribution in [3.05, 3.63) is 65.2 Å². The minimum Gasteiger partial charge on any atom is -0.380 e. The number of methoxy groups -OCH3 is 1. The lowest BCUT2D eigenvalue weighted by Crippen LogP contribution is -2.47. The van der Waals surface area contributed by atoms with Crippen LogP contribution in [0.15, 0.2) is 48.5 Å². The molecule has 5 nitrogen and oxygen atoms in total. The third-order valence-corrected chi connectivity index (χ3v) is 5.20. The zero-order valence-electron chi connectivity index (χ0n) is 17.7. The SMILES string of the molecule is CCCC(O)(CC(C)(C)c1ccccc1)C(=O)Nc1ccc(C=O)c(COC)c1. The van der Waals surface area contributed by atoms with Crippen LogP contribution in [0.5, 0.6) is 0 Å². The van der Waals surface area contributed by atoms with Gasteiger partial charge in [-0.3, -0.25) is 9.59 Å². The second-order valence-corrected chi connectivity index (χ2v) is 8.13. The zero-order valence-corrected chi connectivity index (χ0v) is 17.7. The van der Waals surface area contributed by atoms with E-state index in [1.54, 1.807) is 25.3 Å². The van der Waals surface area contributed by atoms with Gasteiger partial charge in [0, 0.05) is 18.4 Å². The van der Waals surface area contributed by atoms with Crippen molar-refractivity contribution in [2.45, 2.75) is 57.7 Å². The van der Waals surface area contributed by atoms with E-state index in [0.29, 0.717) is 36.1 Å². The molecule has 0 aliphatic carbocycles. The smallest absolute Gasteiger partial charge is 0.256 e. The lowest BCUT2D eigenvalue weighted by molar-refractivity contribution is -0.137. The fraction of sp³-hybridized carbons (Fsp3) is 0.417. The molecule has 0 fully saturated rings. The van der Waals surface area contributed by atoms with Crippen LogP contribution in [-0.2, 0) is 21.6 Å². The van der Waals surface area contributed by atoms with Crippen LogP contribution >= 0.6 is 0 Å². The van der Waals surface area contributed by atoms with Gasteiger partial charge in [-0.2, -0.15) is 0 Å². The van der Waals surface area contributed by atoms with Crippen molar-refractivity contribution in [3.8, 4) is 0 Å². The minimum absolute atomic E-state index is 0.262. The van der Waals surface area contributed by atoms with Crippen molar-refractivity contribution in [2.24, 2.45) is 0 Å². The highest BCUT2D eigenvalue weighted by molar-refractivity contribution is 5.97. The van der Waals surface area contributed by atoms with Gasteiger partial charge in [0.2, 0.25) is 0 Å². The fourth-order valence-electron chi connectivity index (χ4n) is 3.74. The number of ether oxygens (including phenoxy) is 1. The average molecular weight is 398 g/mol. The summed E-state index contributed by atoms with van der Waals surface area (Å²) in [4.78, 5) is 24.3. The van der Waals surface area contributed by atoms with E-state index in [-0.39, 0.29) is 12.0 Å². The fourth-order valence-corrected chi connectivity index (χ4v) is 3.74. The lowest BCUT2D eigenvalue weighted by atomic mass is 9.73. The normalized spacial score (nSPS) is 13.6. The van der Waals surface area contributed by atoms with Gasteiger partial charge >= 0.3 is 0 Å². The summed E-state index contributed by atoms with van der Waals surface area (Å²) >= 11 is 0. The summed E-state index contributed by atoms with van der Waals surface area (Å²) in [5.74, 6) is -0.439. The molecule has 0 bridgehead atoms. The Morgan fingerprint density at radius 1 is 1.17 bits per heavy atom. The summed E-state index contributed by atoms with van der Waals surface area (Å²) in [5.41, 5.74) is 0.895. The maximum atomic E-state index is 13.1. The molecule has 1 atom stereocenters. The Balaban J connectivity index is 2.26. The van der Waals surface area contributed by atoms with Crippen molar-refractivity contribution >= 4 is 17.9 Å². The third kappa shape index (κ3) is 5.75. The average Bonchev–Trinajstić information content (AvgIpc) is 2.69. The van der Waals surface area contributed by atoms with Crippen LogP contribution in [0.4, 0.5) is 5.69 Å². The molecule has 2 rings (SSSR count). The number of carbonyl (C=O) groups excluding carboxylic acids is 2. The van der Waals surface area contributed by atoms with E-state index in [0.717, 1.165) is 11.8 Å². The highest BCUT2D eigenvalue weighted by Gasteiger charge is 2.41. The third-order valence-electron chi connectivity index (χ3n) is 5.20. The Hall–Kier alpha value is -2.50. The van der Waals surface area contributed by atoms with Gasteiger partial charge in [-0.15, -0.1) is 0 Å². The summed E-state index contributed by atoms with van der Waals surface area (Å²) < 4.78 is 5.13. The number of carbonyl (C=O) groups is 2. The number of anilines is 1. The predicted octanol–water partition coefficient (Wildman–Crippen LogP) is 4.48. The molecule has 1 unspecified atom stereocenters. The second-order valence-electron chi connectivity index (χ2n) is 8.13. The summed E-state index contributed by atoms with van der Waals surface area (Å²) in [6.45, 7) is 6.28. The van der Waals surface area contributed by atoms with Crippen molar-refractivity contribution in [1.82, 2.24) is 0 Å². The molecular weight excluding hydrogens is 366 g/mol. The molecule has 1 amide bonds. The van der Waals surface area contributed by atoms with Crippen molar-refractivity contribution in [3.63, 3.8) is 0 Å². The van der Waals surface area contributed by atoms with E-state index in [4.69, 9.17) is 4.74 Å². The summed E-state index contributed by atoms with van der Waals surface area (Å²) in [7, 11) is 1.55. The Morgan fingerprint density at radius 2 is 1.86 bits per heavy atom. The van der Waals surface area contributed by atoms with Crippen LogP contribution in [0.3, 0.4) is 0 Å². The van der Waals surface area contributed by atoms with Crippen LogP contribution in [0.2, 0.25) is 0 Å². The molecule has 156 valence electrons. The summed E-state index contributed by atoms with van der Waals surface area (Å²) in [6.07, 6.45) is 2.08. The highest BCUT2D eigenvalue weighted by atomic mass is 16.5. The summed E-state index contributed by atoms with van der Waals surface area (Å²) in [6, 6.07) is 14.9. The molecule has 5 heteroatoms. The van der Waals surface area contributed by atoms with Gasteiger partial charge < -0.3 is 15.2 Å². The Morgan fingerprint density at radius 3 is 2.45 bits per heavy atom. The van der Waals surface area contributed by atoms with E-state index in [1.165, 1.54) is 0 Å². The van der Waals surface area contributed by atoms with Crippen LogP contribution < -0.4 is 5.32 Å². The molecule has 29 heavy (non-hydrogen) atoms. The number of benzene rings is 2. The van der Waals surface area contributed by atoms with Crippen molar-refractivity contribution < 1.29 is 19.4 Å².